The maximum Gasteiger partial charge on any atom is 0.139 e. The Balaban J connectivity index is 1.97. The molecule has 0 saturated heterocycles. The molecule has 2 aromatic carbocycles. The lowest BCUT2D eigenvalue weighted by molar-refractivity contribution is 0.838. The van der Waals surface area contributed by atoms with Crippen LogP contribution in [0.3, 0.4) is 0 Å². The summed E-state index contributed by atoms with van der Waals surface area (Å²) in [6, 6.07) is 13.7. The van der Waals surface area contributed by atoms with Crippen molar-refractivity contribution in [2.45, 2.75) is 13.3 Å². The molecular formula is C17H14Cl2N4. The molecule has 0 unspecified atom stereocenters. The van der Waals surface area contributed by atoms with Crippen molar-refractivity contribution < 1.29 is 0 Å². The Labute approximate surface area is 144 Å². The molecule has 1 aliphatic rings. The second kappa shape index (κ2) is 5.55. The number of fused-ring (bicyclic) bond motifs is 3. The lowest BCUT2D eigenvalue weighted by atomic mass is 10.2. The van der Waals surface area contributed by atoms with Crippen LogP contribution in [0.4, 0.5) is 11.4 Å². The molecule has 1 aliphatic heterocycles. The predicted octanol–water partition coefficient (Wildman–Crippen LogP) is 4.58. The highest BCUT2D eigenvalue weighted by Gasteiger charge is 2.24. The molecule has 116 valence electrons. The van der Waals surface area contributed by atoms with Crippen LogP contribution in [0.5, 0.6) is 0 Å². The number of halogens is 2. The minimum absolute atomic E-state index is 0.690. The van der Waals surface area contributed by atoms with Crippen LogP contribution in [0.15, 0.2) is 42.5 Å². The van der Waals surface area contributed by atoms with E-state index in [4.69, 9.17) is 23.2 Å². The highest BCUT2D eigenvalue weighted by atomic mass is 35.5. The van der Waals surface area contributed by atoms with E-state index in [9.17, 15) is 0 Å². The molecule has 0 bridgehead atoms. The number of rotatable bonds is 1. The van der Waals surface area contributed by atoms with Gasteiger partial charge in [0.2, 0.25) is 0 Å². The Kier molecular flexibility index (Phi) is 3.51. The summed E-state index contributed by atoms with van der Waals surface area (Å²) in [6.45, 7) is 2.72. The zero-order chi connectivity index (χ0) is 16.0. The van der Waals surface area contributed by atoms with Gasteiger partial charge in [-0.05, 0) is 37.3 Å². The number of para-hydroxylation sites is 1. The van der Waals surface area contributed by atoms with Crippen molar-refractivity contribution in [1.82, 2.24) is 14.8 Å². The molecule has 0 fully saturated rings. The minimum Gasteiger partial charge on any atom is -0.338 e. The zero-order valence-corrected chi connectivity index (χ0v) is 14.0. The second-order valence-corrected chi connectivity index (χ2v) is 6.33. The average molecular weight is 345 g/mol. The molecule has 2 heterocycles. The van der Waals surface area contributed by atoms with Gasteiger partial charge >= 0.3 is 0 Å². The van der Waals surface area contributed by atoms with E-state index in [1.165, 1.54) is 0 Å². The van der Waals surface area contributed by atoms with Crippen LogP contribution in [0, 0.1) is 6.92 Å². The predicted molar refractivity (Wildman–Crippen MR) is 93.3 cm³/mol. The number of aryl methyl sites for hydroxylation is 1. The Morgan fingerprint density at radius 1 is 0.957 bits per heavy atom. The van der Waals surface area contributed by atoms with Crippen molar-refractivity contribution in [3.63, 3.8) is 0 Å². The summed E-state index contributed by atoms with van der Waals surface area (Å²) in [6.07, 6.45) is 0.776. The molecule has 4 rings (SSSR count). The molecule has 0 N–H and O–H groups in total. The summed E-state index contributed by atoms with van der Waals surface area (Å²) in [5.41, 5.74) is 2.99. The van der Waals surface area contributed by atoms with Crippen LogP contribution < -0.4 is 4.90 Å². The maximum atomic E-state index is 6.42. The van der Waals surface area contributed by atoms with E-state index in [2.05, 4.69) is 19.7 Å². The SMILES string of the molecule is Cc1nnc2n1-c1ccc(Cl)cc1N(c1ccccc1Cl)CC2. The van der Waals surface area contributed by atoms with E-state index in [-0.39, 0.29) is 0 Å². The Morgan fingerprint density at radius 3 is 2.61 bits per heavy atom. The van der Waals surface area contributed by atoms with Crippen LogP contribution >= 0.6 is 23.2 Å². The van der Waals surface area contributed by atoms with Gasteiger partial charge in [-0.15, -0.1) is 10.2 Å². The van der Waals surface area contributed by atoms with Gasteiger partial charge in [-0.25, -0.2) is 0 Å². The Bertz CT molecular complexity index is 888. The summed E-state index contributed by atoms with van der Waals surface area (Å²) in [5.74, 6) is 1.81. The molecule has 1 aromatic heterocycles. The van der Waals surface area contributed by atoms with Gasteiger partial charge in [-0.3, -0.25) is 4.57 Å². The number of aromatic nitrogens is 3. The molecule has 0 amide bonds. The lowest BCUT2D eigenvalue weighted by Gasteiger charge is -2.26. The number of nitrogens with zero attached hydrogens (tertiary/aromatic N) is 4. The van der Waals surface area contributed by atoms with Crippen LogP contribution in [-0.4, -0.2) is 21.3 Å². The van der Waals surface area contributed by atoms with E-state index in [0.717, 1.165) is 41.7 Å². The van der Waals surface area contributed by atoms with Crippen LogP contribution in [0.25, 0.3) is 5.69 Å². The quantitative estimate of drug-likeness (QED) is 0.648. The smallest absolute Gasteiger partial charge is 0.139 e. The van der Waals surface area contributed by atoms with Gasteiger partial charge in [0.15, 0.2) is 0 Å². The summed E-state index contributed by atoms with van der Waals surface area (Å²) < 4.78 is 2.09. The zero-order valence-electron chi connectivity index (χ0n) is 12.5. The van der Waals surface area contributed by atoms with E-state index in [1.807, 2.05) is 49.4 Å². The van der Waals surface area contributed by atoms with E-state index in [0.29, 0.717) is 10.0 Å². The highest BCUT2D eigenvalue weighted by molar-refractivity contribution is 6.33. The molecule has 4 nitrogen and oxygen atoms in total. The summed E-state index contributed by atoms with van der Waals surface area (Å²) in [7, 11) is 0. The largest absolute Gasteiger partial charge is 0.338 e. The van der Waals surface area contributed by atoms with Crippen molar-refractivity contribution in [2.24, 2.45) is 0 Å². The topological polar surface area (TPSA) is 34.0 Å². The third-order valence-corrected chi connectivity index (χ3v) is 4.62. The van der Waals surface area contributed by atoms with Crippen molar-refractivity contribution in [2.75, 3.05) is 11.4 Å². The normalized spacial score (nSPS) is 13.4. The minimum atomic E-state index is 0.690. The molecule has 6 heteroatoms. The van der Waals surface area contributed by atoms with Crippen molar-refractivity contribution in [1.29, 1.82) is 0 Å². The van der Waals surface area contributed by atoms with Crippen LogP contribution in [-0.2, 0) is 6.42 Å². The third-order valence-electron chi connectivity index (χ3n) is 4.06. The monoisotopic (exact) mass is 344 g/mol. The van der Waals surface area contributed by atoms with E-state index >= 15 is 0 Å². The number of hydrogen-bond acceptors (Lipinski definition) is 3. The first-order valence-electron chi connectivity index (χ1n) is 7.38. The first-order valence-corrected chi connectivity index (χ1v) is 8.13. The molecule has 0 saturated carbocycles. The van der Waals surface area contributed by atoms with Gasteiger partial charge in [-0.2, -0.15) is 0 Å². The van der Waals surface area contributed by atoms with Crippen molar-refractivity contribution in [3.8, 4) is 5.69 Å². The fourth-order valence-electron chi connectivity index (χ4n) is 3.04. The van der Waals surface area contributed by atoms with E-state index < -0.39 is 0 Å². The molecule has 0 atom stereocenters. The highest BCUT2D eigenvalue weighted by Crippen LogP contribution is 2.39. The van der Waals surface area contributed by atoms with Gasteiger partial charge in [0.1, 0.15) is 11.6 Å². The van der Waals surface area contributed by atoms with E-state index in [1.54, 1.807) is 0 Å². The number of benzene rings is 2. The first-order chi connectivity index (χ1) is 11.1. The molecule has 0 aliphatic carbocycles. The fourth-order valence-corrected chi connectivity index (χ4v) is 3.44. The summed E-state index contributed by atoms with van der Waals surface area (Å²) in [5, 5.41) is 9.93. The van der Waals surface area contributed by atoms with Gasteiger partial charge in [-0.1, -0.05) is 35.3 Å². The number of hydrogen-bond donors (Lipinski definition) is 0. The summed E-state index contributed by atoms with van der Waals surface area (Å²) in [4.78, 5) is 2.19. The second-order valence-electron chi connectivity index (χ2n) is 5.48. The molecule has 0 spiro atoms. The molecule has 0 radical (unpaired) electrons. The van der Waals surface area contributed by atoms with Gasteiger partial charge in [0, 0.05) is 18.0 Å². The van der Waals surface area contributed by atoms with Crippen molar-refractivity contribution in [3.05, 3.63) is 64.2 Å². The van der Waals surface area contributed by atoms with Crippen LogP contribution in [0.2, 0.25) is 10.0 Å². The molecular weight excluding hydrogens is 331 g/mol. The maximum absolute atomic E-state index is 6.42. The lowest BCUT2D eigenvalue weighted by Crippen LogP contribution is -2.19. The molecule has 23 heavy (non-hydrogen) atoms. The molecule has 3 aromatic rings. The van der Waals surface area contributed by atoms with Crippen molar-refractivity contribution >= 4 is 34.6 Å². The fraction of sp³-hybridized carbons (Fsp3) is 0.176. The Hall–Kier alpha value is -2.04. The summed E-state index contributed by atoms with van der Waals surface area (Å²) >= 11 is 12.7. The average Bonchev–Trinajstić information content (AvgIpc) is 2.82. The van der Waals surface area contributed by atoms with Crippen LogP contribution in [0.1, 0.15) is 11.6 Å². The number of anilines is 2. The Morgan fingerprint density at radius 2 is 1.78 bits per heavy atom. The van der Waals surface area contributed by atoms with Gasteiger partial charge < -0.3 is 4.90 Å². The standard InChI is InChI=1S/C17H14Cl2N4/c1-11-20-21-17-8-9-22(14-5-3-2-4-13(14)19)16-10-12(18)6-7-15(16)23(11)17/h2-7,10H,8-9H2,1H3. The van der Waals surface area contributed by atoms with Gasteiger partial charge in [0.05, 0.1) is 22.1 Å². The van der Waals surface area contributed by atoms with Gasteiger partial charge in [0.25, 0.3) is 0 Å². The first kappa shape index (κ1) is 14.5. The third kappa shape index (κ3) is 2.38.